The van der Waals surface area contributed by atoms with E-state index < -0.39 is 21.8 Å². The number of carbonyl (C=O) groups excluding carboxylic acids is 1. The summed E-state index contributed by atoms with van der Waals surface area (Å²) >= 11 is 5.81. The summed E-state index contributed by atoms with van der Waals surface area (Å²) < 4.78 is 43.6. The van der Waals surface area contributed by atoms with E-state index in [0.717, 1.165) is 18.2 Å². The van der Waals surface area contributed by atoms with Gasteiger partial charge in [-0.2, -0.15) is 8.42 Å². The number of anilines is 1. The molecule has 10 heteroatoms. The van der Waals surface area contributed by atoms with Crippen LogP contribution in [0.25, 0.3) is 0 Å². The maximum Gasteiger partial charge on any atom is 0.344 e. The highest BCUT2D eigenvalue weighted by Crippen LogP contribution is 2.23. The molecule has 0 saturated heterocycles. The van der Waals surface area contributed by atoms with Gasteiger partial charge in [0.1, 0.15) is 11.6 Å². The van der Waals surface area contributed by atoms with Crippen LogP contribution in [0.2, 0.25) is 5.02 Å². The Bertz CT molecular complexity index is 1080. The van der Waals surface area contributed by atoms with Gasteiger partial charge in [0.2, 0.25) is 5.88 Å². The van der Waals surface area contributed by atoms with E-state index in [1.807, 2.05) is 0 Å². The van der Waals surface area contributed by atoms with E-state index in [2.05, 4.69) is 5.10 Å². The van der Waals surface area contributed by atoms with Crippen LogP contribution in [0.4, 0.5) is 10.2 Å². The van der Waals surface area contributed by atoms with Crippen LogP contribution >= 0.6 is 11.6 Å². The Morgan fingerprint density at radius 3 is 2.50 bits per heavy atom. The predicted octanol–water partition coefficient (Wildman–Crippen LogP) is 2.71. The zero-order valence-corrected chi connectivity index (χ0v) is 14.5. The van der Waals surface area contributed by atoms with Crippen LogP contribution in [0.3, 0.4) is 0 Å². The maximum atomic E-state index is 12.9. The van der Waals surface area contributed by atoms with Gasteiger partial charge in [0.25, 0.3) is 10.0 Å². The molecule has 0 aliphatic carbocycles. The molecule has 0 radical (unpaired) electrons. The van der Waals surface area contributed by atoms with Gasteiger partial charge < -0.3 is 10.5 Å². The van der Waals surface area contributed by atoms with E-state index >= 15 is 0 Å². The summed E-state index contributed by atoms with van der Waals surface area (Å²) in [6.45, 7) is 0. The van der Waals surface area contributed by atoms with Crippen molar-refractivity contribution in [3.63, 3.8) is 0 Å². The van der Waals surface area contributed by atoms with E-state index in [4.69, 9.17) is 22.1 Å². The van der Waals surface area contributed by atoms with Crippen molar-refractivity contribution in [2.75, 3.05) is 5.73 Å². The lowest BCUT2D eigenvalue weighted by Crippen LogP contribution is -2.17. The smallest absolute Gasteiger partial charge is 0.344 e. The van der Waals surface area contributed by atoms with Crippen LogP contribution < -0.4 is 10.5 Å². The van der Waals surface area contributed by atoms with E-state index in [9.17, 15) is 17.6 Å². The molecule has 0 fully saturated rings. The highest BCUT2D eigenvalue weighted by molar-refractivity contribution is 7.90. The molecule has 7 nitrogen and oxygen atoms in total. The number of hydrogen-bond donors (Lipinski definition) is 1. The molecule has 0 unspecified atom stereocenters. The standard InChI is InChI=1S/C16H11ClFN3O4S/c17-11-2-1-3-13(8-11)26(23,24)21-14(19)9-15(20-21)25-16(22)10-4-6-12(18)7-5-10/h1-9H,19H2. The fraction of sp³-hybridized carbons (Fsp3) is 0. The summed E-state index contributed by atoms with van der Waals surface area (Å²) in [6, 6.07) is 11.3. The van der Waals surface area contributed by atoms with Crippen LogP contribution in [0.15, 0.2) is 59.5 Å². The van der Waals surface area contributed by atoms with Gasteiger partial charge in [-0.15, -0.1) is 9.19 Å². The Labute approximate surface area is 152 Å². The Balaban J connectivity index is 1.89. The number of esters is 1. The number of aromatic nitrogens is 2. The van der Waals surface area contributed by atoms with E-state index in [1.54, 1.807) is 0 Å². The monoisotopic (exact) mass is 395 g/mol. The zero-order valence-electron chi connectivity index (χ0n) is 13.0. The van der Waals surface area contributed by atoms with Gasteiger partial charge in [-0.25, -0.2) is 9.18 Å². The molecule has 0 aliphatic heterocycles. The van der Waals surface area contributed by atoms with Gasteiger partial charge in [0, 0.05) is 11.1 Å². The first-order valence-electron chi connectivity index (χ1n) is 7.12. The van der Waals surface area contributed by atoms with Crippen molar-refractivity contribution < 1.29 is 22.3 Å². The minimum absolute atomic E-state index is 0.0669. The second-order valence-corrected chi connectivity index (χ2v) is 7.31. The Hall–Kier alpha value is -2.91. The molecule has 0 saturated carbocycles. The zero-order chi connectivity index (χ0) is 18.9. The van der Waals surface area contributed by atoms with E-state index in [0.29, 0.717) is 4.09 Å². The average Bonchev–Trinajstić information content (AvgIpc) is 2.96. The average molecular weight is 396 g/mol. The normalized spacial score (nSPS) is 11.3. The lowest BCUT2D eigenvalue weighted by Gasteiger charge is -2.06. The van der Waals surface area contributed by atoms with Gasteiger partial charge in [-0.1, -0.05) is 17.7 Å². The Morgan fingerprint density at radius 2 is 1.85 bits per heavy atom. The number of rotatable bonds is 4. The molecule has 2 N–H and O–H groups in total. The Morgan fingerprint density at radius 1 is 1.15 bits per heavy atom. The summed E-state index contributed by atoms with van der Waals surface area (Å²) in [6.07, 6.45) is 0. The van der Waals surface area contributed by atoms with Crippen LogP contribution in [0.1, 0.15) is 10.4 Å². The molecule has 26 heavy (non-hydrogen) atoms. The third-order valence-electron chi connectivity index (χ3n) is 3.28. The van der Waals surface area contributed by atoms with Crippen molar-refractivity contribution in [3.8, 4) is 5.88 Å². The van der Waals surface area contributed by atoms with Gasteiger partial charge in [0.15, 0.2) is 0 Å². The molecule has 0 spiro atoms. The summed E-state index contributed by atoms with van der Waals surface area (Å²) in [7, 11) is -4.12. The number of carbonyl (C=O) groups is 1. The van der Waals surface area contributed by atoms with Crippen molar-refractivity contribution in [2.45, 2.75) is 4.90 Å². The van der Waals surface area contributed by atoms with Gasteiger partial charge in [-0.3, -0.25) is 0 Å². The number of nitrogens with zero attached hydrogens (tertiary/aromatic N) is 2. The number of nitrogen functional groups attached to an aromatic ring is 1. The van der Waals surface area contributed by atoms with Crippen molar-refractivity contribution >= 4 is 33.4 Å². The largest absolute Gasteiger partial charge is 0.402 e. The lowest BCUT2D eigenvalue weighted by atomic mass is 10.2. The van der Waals surface area contributed by atoms with Crippen LogP contribution in [-0.4, -0.2) is 23.6 Å². The molecule has 0 amide bonds. The summed E-state index contributed by atoms with van der Waals surface area (Å²) in [5.41, 5.74) is 5.75. The highest BCUT2D eigenvalue weighted by atomic mass is 35.5. The van der Waals surface area contributed by atoms with Crippen LogP contribution in [0.5, 0.6) is 5.88 Å². The topological polar surface area (TPSA) is 104 Å². The second kappa shape index (κ2) is 6.77. The minimum Gasteiger partial charge on any atom is -0.402 e. The number of hydrogen-bond acceptors (Lipinski definition) is 6. The number of benzene rings is 2. The molecule has 2 aromatic carbocycles. The third kappa shape index (κ3) is 3.53. The fourth-order valence-electron chi connectivity index (χ4n) is 2.07. The number of nitrogens with two attached hydrogens (primary N) is 1. The van der Waals surface area contributed by atoms with Gasteiger partial charge in [0.05, 0.1) is 10.5 Å². The van der Waals surface area contributed by atoms with Gasteiger partial charge >= 0.3 is 5.97 Å². The van der Waals surface area contributed by atoms with Crippen molar-refractivity contribution in [2.24, 2.45) is 0 Å². The molecule has 0 aliphatic rings. The summed E-state index contributed by atoms with van der Waals surface area (Å²) in [4.78, 5) is 11.9. The number of halogens is 2. The predicted molar refractivity (Wildman–Crippen MR) is 92.0 cm³/mol. The fourth-order valence-corrected chi connectivity index (χ4v) is 3.57. The lowest BCUT2D eigenvalue weighted by molar-refractivity contribution is 0.0727. The molecule has 0 atom stereocenters. The minimum atomic E-state index is -4.12. The first-order valence-corrected chi connectivity index (χ1v) is 8.93. The maximum absolute atomic E-state index is 12.9. The third-order valence-corrected chi connectivity index (χ3v) is 5.11. The molecular weight excluding hydrogens is 385 g/mol. The molecule has 1 heterocycles. The van der Waals surface area contributed by atoms with Crippen molar-refractivity contribution in [1.29, 1.82) is 0 Å². The molecule has 0 bridgehead atoms. The highest BCUT2D eigenvalue weighted by Gasteiger charge is 2.23. The summed E-state index contributed by atoms with van der Waals surface area (Å²) in [5.74, 6) is -1.92. The number of ether oxygens (including phenoxy) is 1. The molecule has 3 aromatic rings. The first kappa shape index (κ1) is 17.9. The SMILES string of the molecule is Nc1cc(OC(=O)c2ccc(F)cc2)nn1S(=O)(=O)c1cccc(Cl)c1. The first-order chi connectivity index (χ1) is 12.3. The van der Waals surface area contributed by atoms with Crippen molar-refractivity contribution in [3.05, 3.63) is 71.0 Å². The molecular formula is C16H11ClFN3O4S. The quantitative estimate of drug-likeness (QED) is 0.681. The molecule has 134 valence electrons. The van der Waals surface area contributed by atoms with Crippen molar-refractivity contribution in [1.82, 2.24) is 9.19 Å². The van der Waals surface area contributed by atoms with E-state index in [1.165, 1.54) is 36.4 Å². The van der Waals surface area contributed by atoms with E-state index in [-0.39, 0.29) is 27.2 Å². The van der Waals surface area contributed by atoms with Crippen LogP contribution in [0, 0.1) is 5.82 Å². The summed E-state index contributed by atoms with van der Waals surface area (Å²) in [5, 5.41) is 3.94. The second-order valence-electron chi connectivity index (χ2n) is 5.11. The van der Waals surface area contributed by atoms with Crippen LogP contribution in [-0.2, 0) is 10.0 Å². The molecule has 3 rings (SSSR count). The molecule has 1 aromatic heterocycles. The van der Waals surface area contributed by atoms with Gasteiger partial charge in [-0.05, 0) is 42.5 Å². The Kier molecular flexibility index (Phi) is 4.66.